The summed E-state index contributed by atoms with van der Waals surface area (Å²) in [6.07, 6.45) is 3.89. The van der Waals surface area contributed by atoms with Crippen LogP contribution in [0.15, 0.2) is 12.1 Å². The molecule has 0 fully saturated rings. The van der Waals surface area contributed by atoms with Crippen LogP contribution in [-0.4, -0.2) is 25.6 Å². The van der Waals surface area contributed by atoms with Crippen LogP contribution in [0.4, 0.5) is 5.69 Å². The first kappa shape index (κ1) is 20.9. The number of carbonyl (C=O) groups is 1. The zero-order valence-electron chi connectivity index (χ0n) is 16.6. The Bertz CT molecular complexity index is 764. The highest BCUT2D eigenvalue weighted by Crippen LogP contribution is 2.32. The highest BCUT2D eigenvalue weighted by molar-refractivity contribution is 7.90. The van der Waals surface area contributed by atoms with E-state index in [9.17, 15) is 13.2 Å². The number of fused-ring (bicyclic) bond motifs is 1. The van der Waals surface area contributed by atoms with Gasteiger partial charge < -0.3 is 5.32 Å². The Balaban J connectivity index is 1.78. The van der Waals surface area contributed by atoms with Crippen molar-refractivity contribution in [1.82, 2.24) is 4.72 Å². The Labute approximate surface area is 158 Å². The maximum atomic E-state index is 12.2. The molecule has 26 heavy (non-hydrogen) atoms. The van der Waals surface area contributed by atoms with Gasteiger partial charge >= 0.3 is 0 Å². The van der Waals surface area contributed by atoms with E-state index in [-0.39, 0.29) is 5.91 Å². The van der Waals surface area contributed by atoms with Gasteiger partial charge in [-0.1, -0.05) is 13.0 Å². The molecular weight excluding hydrogens is 348 g/mol. The summed E-state index contributed by atoms with van der Waals surface area (Å²) in [6.45, 7) is 9.70. The number of hydrogen-bond donors (Lipinski definition) is 2. The molecule has 0 aliphatic heterocycles. The zero-order valence-corrected chi connectivity index (χ0v) is 17.4. The number of anilines is 1. The first-order valence-electron chi connectivity index (χ1n) is 9.41. The molecule has 0 saturated heterocycles. The van der Waals surface area contributed by atoms with Gasteiger partial charge in [0.2, 0.25) is 15.9 Å². The topological polar surface area (TPSA) is 75.3 Å². The third kappa shape index (κ3) is 5.07. The fourth-order valence-corrected chi connectivity index (χ4v) is 4.11. The number of amides is 1. The zero-order chi connectivity index (χ0) is 19.5. The van der Waals surface area contributed by atoms with Gasteiger partial charge in [0.05, 0.1) is 4.75 Å². The van der Waals surface area contributed by atoms with E-state index in [1.54, 1.807) is 20.8 Å². The maximum absolute atomic E-state index is 12.2. The molecule has 0 bridgehead atoms. The van der Waals surface area contributed by atoms with Crippen LogP contribution in [0.3, 0.4) is 0 Å². The number of rotatable bonds is 7. The normalized spacial score (nSPS) is 17.2. The first-order valence-corrected chi connectivity index (χ1v) is 10.9. The lowest BCUT2D eigenvalue weighted by atomic mass is 10.0. The number of unbranched alkanes of at least 4 members (excludes halogenated alkanes) is 1. The largest absolute Gasteiger partial charge is 0.326 e. The third-order valence-electron chi connectivity index (χ3n) is 5.02. The van der Waals surface area contributed by atoms with E-state index < -0.39 is 14.8 Å². The molecule has 1 atom stereocenters. The molecule has 0 aromatic heterocycles. The fourth-order valence-electron chi connectivity index (χ4n) is 3.27. The third-order valence-corrected chi connectivity index (χ3v) is 7.22. The molecular formula is C20H32N2O3S. The number of benzene rings is 1. The molecule has 1 aliphatic rings. The van der Waals surface area contributed by atoms with Gasteiger partial charge in [-0.05, 0) is 82.1 Å². The molecule has 0 radical (unpaired) electrons. The maximum Gasteiger partial charge on any atom is 0.224 e. The van der Waals surface area contributed by atoms with Crippen molar-refractivity contribution in [3.63, 3.8) is 0 Å². The summed E-state index contributed by atoms with van der Waals surface area (Å²) in [5, 5.41) is 3.01. The molecule has 1 unspecified atom stereocenters. The quantitative estimate of drug-likeness (QED) is 0.710. The SMILES string of the molecule is Cc1c(NC(=O)CCCCNS(=O)(=O)C(C)(C)C)ccc2c1CC(C)C2. The minimum Gasteiger partial charge on any atom is -0.326 e. The molecule has 6 heteroatoms. The van der Waals surface area contributed by atoms with Crippen LogP contribution in [0.5, 0.6) is 0 Å². The van der Waals surface area contributed by atoms with Crippen molar-refractivity contribution in [1.29, 1.82) is 0 Å². The van der Waals surface area contributed by atoms with E-state index in [0.717, 1.165) is 18.5 Å². The molecule has 1 amide bonds. The van der Waals surface area contributed by atoms with Gasteiger partial charge in [-0.15, -0.1) is 0 Å². The minimum absolute atomic E-state index is 0.0160. The lowest BCUT2D eigenvalue weighted by Crippen LogP contribution is -2.39. The Morgan fingerprint density at radius 3 is 2.54 bits per heavy atom. The van der Waals surface area contributed by atoms with Crippen LogP contribution in [0.1, 0.15) is 63.6 Å². The Morgan fingerprint density at radius 2 is 1.88 bits per heavy atom. The van der Waals surface area contributed by atoms with E-state index in [2.05, 4.69) is 30.0 Å². The molecule has 0 heterocycles. The van der Waals surface area contributed by atoms with Crippen LogP contribution < -0.4 is 10.0 Å². The highest BCUT2D eigenvalue weighted by atomic mass is 32.2. The highest BCUT2D eigenvalue weighted by Gasteiger charge is 2.28. The molecule has 0 saturated carbocycles. The molecule has 2 rings (SSSR count). The van der Waals surface area contributed by atoms with Crippen molar-refractivity contribution in [3.8, 4) is 0 Å². The summed E-state index contributed by atoms with van der Waals surface area (Å²) in [5.74, 6) is 0.657. The molecule has 2 N–H and O–H groups in total. The monoisotopic (exact) mass is 380 g/mol. The second-order valence-corrected chi connectivity index (χ2v) is 10.9. The number of hydrogen-bond acceptors (Lipinski definition) is 3. The van der Waals surface area contributed by atoms with Gasteiger partial charge in [0.15, 0.2) is 0 Å². The van der Waals surface area contributed by atoms with E-state index in [1.807, 2.05) is 6.07 Å². The van der Waals surface area contributed by atoms with Crippen LogP contribution in [0.25, 0.3) is 0 Å². The molecule has 5 nitrogen and oxygen atoms in total. The van der Waals surface area contributed by atoms with Crippen molar-refractivity contribution < 1.29 is 13.2 Å². The van der Waals surface area contributed by atoms with Crippen molar-refractivity contribution in [3.05, 3.63) is 28.8 Å². The van der Waals surface area contributed by atoms with Gasteiger partial charge in [0.1, 0.15) is 0 Å². The lowest BCUT2D eigenvalue weighted by Gasteiger charge is -2.19. The van der Waals surface area contributed by atoms with Gasteiger partial charge in [-0.3, -0.25) is 4.79 Å². The van der Waals surface area contributed by atoms with E-state index in [0.29, 0.717) is 31.7 Å². The van der Waals surface area contributed by atoms with Crippen molar-refractivity contribution in [2.24, 2.45) is 5.92 Å². The van der Waals surface area contributed by atoms with E-state index in [1.165, 1.54) is 16.7 Å². The molecule has 1 aliphatic carbocycles. The molecule has 146 valence electrons. The molecule has 1 aromatic carbocycles. The minimum atomic E-state index is -3.31. The predicted molar refractivity (Wildman–Crippen MR) is 107 cm³/mol. The van der Waals surface area contributed by atoms with Crippen LogP contribution >= 0.6 is 0 Å². The second kappa shape index (κ2) is 8.09. The van der Waals surface area contributed by atoms with Gasteiger partial charge in [-0.25, -0.2) is 13.1 Å². The second-order valence-electron chi connectivity index (χ2n) is 8.40. The van der Waals surface area contributed by atoms with Crippen molar-refractivity contribution in [2.45, 2.75) is 71.5 Å². The molecule has 1 aromatic rings. The van der Waals surface area contributed by atoms with Crippen molar-refractivity contribution >= 4 is 21.6 Å². The molecule has 0 spiro atoms. The Morgan fingerprint density at radius 1 is 1.19 bits per heavy atom. The van der Waals surface area contributed by atoms with Gasteiger partial charge in [-0.2, -0.15) is 0 Å². The van der Waals surface area contributed by atoms with Crippen LogP contribution in [-0.2, 0) is 27.7 Å². The summed E-state index contributed by atoms with van der Waals surface area (Å²) in [4.78, 5) is 12.2. The average molecular weight is 381 g/mol. The van der Waals surface area contributed by atoms with Gasteiger partial charge in [0, 0.05) is 18.7 Å². The van der Waals surface area contributed by atoms with Gasteiger partial charge in [0.25, 0.3) is 0 Å². The standard InChI is InChI=1S/C20H32N2O3S/c1-14-12-16-9-10-18(15(2)17(16)13-14)22-19(23)8-6-7-11-21-26(24,25)20(3,4)5/h9-10,14,21H,6-8,11-13H2,1-5H3,(H,22,23). The Hall–Kier alpha value is -1.40. The van der Waals surface area contributed by atoms with Crippen molar-refractivity contribution in [2.75, 3.05) is 11.9 Å². The smallest absolute Gasteiger partial charge is 0.224 e. The van der Waals surface area contributed by atoms with Crippen LogP contribution in [0.2, 0.25) is 0 Å². The summed E-state index contributed by atoms with van der Waals surface area (Å²) < 4.78 is 25.7. The predicted octanol–water partition coefficient (Wildman–Crippen LogP) is 3.56. The number of carbonyl (C=O) groups excluding carboxylic acids is 1. The van der Waals surface area contributed by atoms with E-state index >= 15 is 0 Å². The number of nitrogens with one attached hydrogen (secondary N) is 2. The lowest BCUT2D eigenvalue weighted by molar-refractivity contribution is -0.116. The number of sulfonamides is 1. The summed E-state index contributed by atoms with van der Waals surface area (Å²) in [7, 11) is -3.31. The summed E-state index contributed by atoms with van der Waals surface area (Å²) >= 11 is 0. The average Bonchev–Trinajstić information content (AvgIpc) is 2.90. The Kier molecular flexibility index (Phi) is 6.51. The van der Waals surface area contributed by atoms with Crippen LogP contribution in [0, 0.1) is 12.8 Å². The first-order chi connectivity index (χ1) is 12.0. The van der Waals surface area contributed by atoms with E-state index in [4.69, 9.17) is 0 Å². The summed E-state index contributed by atoms with van der Waals surface area (Å²) in [5.41, 5.74) is 4.86. The fraction of sp³-hybridized carbons (Fsp3) is 0.650. The summed E-state index contributed by atoms with van der Waals surface area (Å²) in [6, 6.07) is 4.13.